The summed E-state index contributed by atoms with van der Waals surface area (Å²) >= 11 is 3.47. The van der Waals surface area contributed by atoms with Crippen molar-refractivity contribution in [2.75, 3.05) is 26.4 Å². The molecule has 1 aromatic rings. The van der Waals surface area contributed by atoms with Crippen LogP contribution >= 0.6 is 15.9 Å². The lowest BCUT2D eigenvalue weighted by Gasteiger charge is -2.14. The van der Waals surface area contributed by atoms with E-state index in [9.17, 15) is 0 Å². The molecule has 96 valence electrons. The van der Waals surface area contributed by atoms with E-state index in [0.717, 1.165) is 10.2 Å². The molecule has 0 amide bonds. The van der Waals surface area contributed by atoms with Gasteiger partial charge in [0, 0.05) is 11.0 Å². The lowest BCUT2D eigenvalue weighted by atomic mass is 10.0. The van der Waals surface area contributed by atoms with Crippen molar-refractivity contribution in [3.8, 4) is 5.75 Å². The van der Waals surface area contributed by atoms with E-state index in [1.807, 2.05) is 12.1 Å². The van der Waals surface area contributed by atoms with Crippen molar-refractivity contribution >= 4 is 15.9 Å². The molecule has 0 unspecified atom stereocenters. The molecule has 0 saturated heterocycles. The minimum atomic E-state index is 0.437. The highest BCUT2D eigenvalue weighted by atomic mass is 79.9. The Hall–Kier alpha value is -0.580. The lowest BCUT2D eigenvalue weighted by Crippen LogP contribution is -2.13. The van der Waals surface area contributed by atoms with Gasteiger partial charge in [-0.05, 0) is 29.7 Å². The van der Waals surface area contributed by atoms with Crippen molar-refractivity contribution in [2.45, 2.75) is 19.8 Å². The Morgan fingerprint density at radius 1 is 1.24 bits per heavy atom. The van der Waals surface area contributed by atoms with E-state index in [0.29, 0.717) is 32.3 Å². The molecule has 1 aromatic carbocycles. The van der Waals surface area contributed by atoms with Crippen molar-refractivity contribution in [2.24, 2.45) is 5.73 Å². The number of rotatable bonds is 7. The summed E-state index contributed by atoms with van der Waals surface area (Å²) < 4.78 is 12.1. The second-order valence-electron chi connectivity index (χ2n) is 4.09. The summed E-state index contributed by atoms with van der Waals surface area (Å²) in [5.41, 5.74) is 6.54. The Balaban J connectivity index is 2.52. The SMILES string of the molecule is CC(C)c1cc(Br)ccc1OCCOCCN. The van der Waals surface area contributed by atoms with Crippen LogP contribution in [0.1, 0.15) is 25.3 Å². The molecule has 0 bridgehead atoms. The highest BCUT2D eigenvalue weighted by Crippen LogP contribution is 2.29. The number of nitrogens with two attached hydrogens (primary N) is 1. The van der Waals surface area contributed by atoms with Gasteiger partial charge < -0.3 is 15.2 Å². The molecule has 2 N–H and O–H groups in total. The average Bonchev–Trinajstić information content (AvgIpc) is 2.30. The monoisotopic (exact) mass is 301 g/mol. The first kappa shape index (κ1) is 14.5. The largest absolute Gasteiger partial charge is 0.491 e. The fourth-order valence-electron chi connectivity index (χ4n) is 1.50. The summed E-state index contributed by atoms with van der Waals surface area (Å²) in [5.74, 6) is 1.37. The van der Waals surface area contributed by atoms with Crippen molar-refractivity contribution < 1.29 is 9.47 Å². The maximum absolute atomic E-state index is 5.71. The van der Waals surface area contributed by atoms with Crippen LogP contribution in [0.5, 0.6) is 5.75 Å². The molecule has 0 saturated carbocycles. The number of hydrogen-bond donors (Lipinski definition) is 1. The van der Waals surface area contributed by atoms with Crippen molar-refractivity contribution in [1.82, 2.24) is 0 Å². The zero-order valence-electron chi connectivity index (χ0n) is 10.4. The van der Waals surface area contributed by atoms with E-state index < -0.39 is 0 Å². The summed E-state index contributed by atoms with van der Waals surface area (Å²) in [6, 6.07) is 6.07. The van der Waals surface area contributed by atoms with Crippen LogP contribution in [0.15, 0.2) is 22.7 Å². The Kier molecular flexibility index (Phi) is 6.55. The quantitative estimate of drug-likeness (QED) is 0.788. The van der Waals surface area contributed by atoms with Gasteiger partial charge in [-0.2, -0.15) is 0 Å². The van der Waals surface area contributed by atoms with Gasteiger partial charge in [0.2, 0.25) is 0 Å². The zero-order valence-corrected chi connectivity index (χ0v) is 12.0. The third kappa shape index (κ3) is 5.06. The van der Waals surface area contributed by atoms with Gasteiger partial charge in [0.1, 0.15) is 12.4 Å². The van der Waals surface area contributed by atoms with Gasteiger partial charge in [-0.25, -0.2) is 0 Å². The standard InChI is InChI=1S/C13H20BrNO2/c1-10(2)12-9-11(14)3-4-13(12)17-8-7-16-6-5-15/h3-4,9-10H,5-8,15H2,1-2H3. The Labute approximate surface area is 111 Å². The molecular weight excluding hydrogens is 282 g/mol. The number of ether oxygens (including phenoxy) is 2. The van der Waals surface area contributed by atoms with E-state index in [4.69, 9.17) is 15.2 Å². The van der Waals surface area contributed by atoms with Gasteiger partial charge >= 0.3 is 0 Å². The molecule has 3 nitrogen and oxygen atoms in total. The molecule has 0 aliphatic rings. The van der Waals surface area contributed by atoms with Crippen LogP contribution in [0, 0.1) is 0 Å². The Bertz CT molecular complexity index is 342. The van der Waals surface area contributed by atoms with Crippen molar-refractivity contribution in [1.29, 1.82) is 0 Å². The van der Waals surface area contributed by atoms with Gasteiger partial charge in [0.15, 0.2) is 0 Å². The van der Waals surface area contributed by atoms with Gasteiger partial charge in [-0.3, -0.25) is 0 Å². The summed E-state index contributed by atoms with van der Waals surface area (Å²) in [6.45, 7) is 6.57. The predicted octanol–water partition coefficient (Wildman–Crippen LogP) is 2.93. The minimum Gasteiger partial charge on any atom is -0.491 e. The smallest absolute Gasteiger partial charge is 0.122 e. The maximum Gasteiger partial charge on any atom is 0.122 e. The Morgan fingerprint density at radius 3 is 2.65 bits per heavy atom. The zero-order chi connectivity index (χ0) is 12.7. The molecule has 0 atom stereocenters. The second-order valence-corrected chi connectivity index (χ2v) is 5.00. The first-order valence-electron chi connectivity index (χ1n) is 5.85. The molecular formula is C13H20BrNO2. The average molecular weight is 302 g/mol. The van der Waals surface area contributed by atoms with Gasteiger partial charge in [0.05, 0.1) is 13.2 Å². The highest BCUT2D eigenvalue weighted by molar-refractivity contribution is 9.10. The lowest BCUT2D eigenvalue weighted by molar-refractivity contribution is 0.105. The van der Waals surface area contributed by atoms with Crippen LogP contribution in [-0.2, 0) is 4.74 Å². The van der Waals surface area contributed by atoms with Crippen LogP contribution in [-0.4, -0.2) is 26.4 Å². The summed E-state index contributed by atoms with van der Waals surface area (Å²) in [5, 5.41) is 0. The highest BCUT2D eigenvalue weighted by Gasteiger charge is 2.08. The third-order valence-corrected chi connectivity index (χ3v) is 2.83. The summed E-state index contributed by atoms with van der Waals surface area (Å²) in [7, 11) is 0. The topological polar surface area (TPSA) is 44.5 Å². The maximum atomic E-state index is 5.71. The third-order valence-electron chi connectivity index (χ3n) is 2.34. The van der Waals surface area contributed by atoms with E-state index in [2.05, 4.69) is 35.8 Å². The predicted molar refractivity (Wildman–Crippen MR) is 73.6 cm³/mol. The van der Waals surface area contributed by atoms with Crippen LogP contribution in [0.25, 0.3) is 0 Å². The van der Waals surface area contributed by atoms with E-state index in [1.54, 1.807) is 0 Å². The number of benzene rings is 1. The first-order chi connectivity index (χ1) is 8.15. The Morgan fingerprint density at radius 2 is 2.00 bits per heavy atom. The fourth-order valence-corrected chi connectivity index (χ4v) is 1.88. The van der Waals surface area contributed by atoms with Crippen LogP contribution in [0.2, 0.25) is 0 Å². The van der Waals surface area contributed by atoms with Crippen LogP contribution < -0.4 is 10.5 Å². The van der Waals surface area contributed by atoms with Gasteiger partial charge in [-0.1, -0.05) is 29.8 Å². The van der Waals surface area contributed by atoms with Crippen molar-refractivity contribution in [3.05, 3.63) is 28.2 Å². The molecule has 17 heavy (non-hydrogen) atoms. The molecule has 0 radical (unpaired) electrons. The molecule has 0 aliphatic carbocycles. The van der Waals surface area contributed by atoms with Crippen LogP contribution in [0.4, 0.5) is 0 Å². The summed E-state index contributed by atoms with van der Waals surface area (Å²) in [6.07, 6.45) is 0. The molecule has 1 rings (SSSR count). The van der Waals surface area contributed by atoms with Gasteiger partial charge in [0.25, 0.3) is 0 Å². The normalized spacial score (nSPS) is 10.9. The molecule has 0 aliphatic heterocycles. The second kappa shape index (κ2) is 7.69. The van der Waals surface area contributed by atoms with Crippen molar-refractivity contribution in [3.63, 3.8) is 0 Å². The molecule has 0 aromatic heterocycles. The number of hydrogen-bond acceptors (Lipinski definition) is 3. The van der Waals surface area contributed by atoms with Crippen LogP contribution in [0.3, 0.4) is 0 Å². The summed E-state index contributed by atoms with van der Waals surface area (Å²) in [4.78, 5) is 0. The molecule has 0 fully saturated rings. The van der Waals surface area contributed by atoms with E-state index in [-0.39, 0.29) is 0 Å². The number of halogens is 1. The van der Waals surface area contributed by atoms with E-state index in [1.165, 1.54) is 5.56 Å². The van der Waals surface area contributed by atoms with Gasteiger partial charge in [-0.15, -0.1) is 0 Å². The molecule has 0 spiro atoms. The fraction of sp³-hybridized carbons (Fsp3) is 0.538. The molecule has 4 heteroatoms. The van der Waals surface area contributed by atoms with E-state index >= 15 is 0 Å². The molecule has 0 heterocycles. The first-order valence-corrected chi connectivity index (χ1v) is 6.64. The minimum absolute atomic E-state index is 0.437.